The zero-order chi connectivity index (χ0) is 24.7. The number of pyridine rings is 1. The zero-order valence-corrected chi connectivity index (χ0v) is 20.7. The summed E-state index contributed by atoms with van der Waals surface area (Å²) in [5, 5.41) is 2.44. The summed E-state index contributed by atoms with van der Waals surface area (Å²) in [5.74, 6) is 0. The summed E-state index contributed by atoms with van der Waals surface area (Å²) in [6.45, 7) is 4.32. The third-order valence-corrected chi connectivity index (χ3v) is 7.71. The van der Waals surface area contributed by atoms with Gasteiger partial charge in [-0.3, -0.25) is 9.13 Å². The third-order valence-electron chi connectivity index (χ3n) is 7.71. The number of para-hydroxylation sites is 2. The van der Waals surface area contributed by atoms with Crippen molar-refractivity contribution in [1.82, 2.24) is 19.1 Å². The Morgan fingerprint density at radius 1 is 0.676 bits per heavy atom. The van der Waals surface area contributed by atoms with E-state index in [2.05, 4.69) is 113 Å². The number of hydrogen-bond donors (Lipinski definition) is 0. The van der Waals surface area contributed by atoms with Crippen LogP contribution >= 0.6 is 0 Å². The van der Waals surface area contributed by atoms with Gasteiger partial charge in [-0.15, -0.1) is 0 Å². The number of aryl methyl sites for hydroxylation is 2. The summed E-state index contributed by atoms with van der Waals surface area (Å²) >= 11 is 0. The fourth-order valence-electron chi connectivity index (χ4n) is 5.94. The van der Waals surface area contributed by atoms with Crippen molar-refractivity contribution in [3.63, 3.8) is 0 Å². The van der Waals surface area contributed by atoms with Crippen LogP contribution in [0.1, 0.15) is 22.4 Å². The molecule has 3 heterocycles. The normalized spacial score (nSPS) is 12.5. The lowest BCUT2D eigenvalue weighted by molar-refractivity contribution is 1.06. The van der Waals surface area contributed by atoms with E-state index in [9.17, 15) is 0 Å². The van der Waals surface area contributed by atoms with Gasteiger partial charge in [-0.25, -0.2) is 9.97 Å². The van der Waals surface area contributed by atoms with Crippen LogP contribution in [-0.4, -0.2) is 19.1 Å². The molecule has 176 valence electrons. The first-order chi connectivity index (χ1) is 18.1. The highest BCUT2D eigenvalue weighted by molar-refractivity contribution is 6.09. The van der Waals surface area contributed by atoms with Gasteiger partial charge in [0.1, 0.15) is 12.0 Å². The quantitative estimate of drug-likeness (QED) is 0.256. The van der Waals surface area contributed by atoms with E-state index in [1.165, 1.54) is 44.1 Å². The highest BCUT2D eigenvalue weighted by atomic mass is 15.1. The lowest BCUT2D eigenvalue weighted by Gasteiger charge is -2.11. The Balaban J connectivity index is 1.40. The lowest BCUT2D eigenvalue weighted by Crippen LogP contribution is -1.99. The maximum Gasteiger partial charge on any atom is 0.145 e. The molecule has 0 unspecified atom stereocenters. The van der Waals surface area contributed by atoms with Gasteiger partial charge < -0.3 is 0 Å². The van der Waals surface area contributed by atoms with Gasteiger partial charge in [-0.2, -0.15) is 0 Å². The standard InChI is InChI=1S/C33H24N4/c1-20-10-12-22-16-30-26(25(22)14-20)18-28-27-15-21(2)11-13-31(27)37(33(28)35-30)24-7-5-6-23(17-24)36-19-34-29-8-3-4-9-32(29)36/h3-15,17-19H,16H2,1-2H3. The fraction of sp³-hybridized carbons (Fsp3) is 0.0909. The van der Waals surface area contributed by atoms with Crippen molar-refractivity contribution in [2.24, 2.45) is 0 Å². The van der Waals surface area contributed by atoms with Gasteiger partial charge in [0, 0.05) is 34.1 Å². The molecule has 0 fully saturated rings. The van der Waals surface area contributed by atoms with E-state index in [-0.39, 0.29) is 0 Å². The van der Waals surface area contributed by atoms with E-state index in [4.69, 9.17) is 4.98 Å². The maximum absolute atomic E-state index is 5.33. The molecule has 0 atom stereocenters. The molecule has 0 aliphatic heterocycles. The maximum atomic E-state index is 5.33. The molecular weight excluding hydrogens is 452 g/mol. The molecule has 0 amide bonds. The smallest absolute Gasteiger partial charge is 0.145 e. The first-order valence-corrected chi connectivity index (χ1v) is 12.7. The van der Waals surface area contributed by atoms with Gasteiger partial charge in [0.15, 0.2) is 0 Å². The molecule has 4 nitrogen and oxygen atoms in total. The molecule has 0 saturated heterocycles. The van der Waals surface area contributed by atoms with E-state index < -0.39 is 0 Å². The van der Waals surface area contributed by atoms with Crippen LogP contribution in [0.3, 0.4) is 0 Å². The fourth-order valence-corrected chi connectivity index (χ4v) is 5.94. The van der Waals surface area contributed by atoms with E-state index >= 15 is 0 Å². The van der Waals surface area contributed by atoms with Crippen molar-refractivity contribution < 1.29 is 0 Å². The highest BCUT2D eigenvalue weighted by Crippen LogP contribution is 2.41. The van der Waals surface area contributed by atoms with Crippen LogP contribution in [0.25, 0.3) is 55.5 Å². The number of rotatable bonds is 2. The van der Waals surface area contributed by atoms with Crippen LogP contribution in [0.4, 0.5) is 0 Å². The summed E-state index contributed by atoms with van der Waals surface area (Å²) in [5.41, 5.74) is 14.1. The minimum Gasteiger partial charge on any atom is -0.299 e. The molecule has 7 aromatic rings. The molecule has 0 radical (unpaired) electrons. The van der Waals surface area contributed by atoms with Gasteiger partial charge >= 0.3 is 0 Å². The molecule has 3 aromatic heterocycles. The van der Waals surface area contributed by atoms with Crippen LogP contribution in [-0.2, 0) is 6.42 Å². The molecular formula is C33H24N4. The summed E-state index contributed by atoms with van der Waals surface area (Å²) in [4.78, 5) is 9.94. The van der Waals surface area contributed by atoms with E-state index in [0.29, 0.717) is 0 Å². The zero-order valence-electron chi connectivity index (χ0n) is 20.7. The highest BCUT2D eigenvalue weighted by Gasteiger charge is 2.24. The number of benzene rings is 4. The first-order valence-electron chi connectivity index (χ1n) is 12.7. The second-order valence-electron chi connectivity index (χ2n) is 10.2. The Bertz CT molecular complexity index is 2040. The van der Waals surface area contributed by atoms with Crippen LogP contribution in [0.5, 0.6) is 0 Å². The molecule has 1 aliphatic rings. The van der Waals surface area contributed by atoms with Gasteiger partial charge in [-0.05, 0) is 73.5 Å². The van der Waals surface area contributed by atoms with Crippen molar-refractivity contribution in [3.8, 4) is 22.5 Å². The summed E-state index contributed by atoms with van der Waals surface area (Å²) in [6, 6.07) is 32.8. The topological polar surface area (TPSA) is 35.6 Å². The predicted octanol–water partition coefficient (Wildman–Crippen LogP) is 7.71. The average molecular weight is 477 g/mol. The largest absolute Gasteiger partial charge is 0.299 e. The summed E-state index contributed by atoms with van der Waals surface area (Å²) in [6.07, 6.45) is 2.78. The van der Waals surface area contributed by atoms with Crippen molar-refractivity contribution in [3.05, 3.63) is 120 Å². The number of fused-ring (bicyclic) bond motifs is 7. The van der Waals surface area contributed by atoms with Crippen LogP contribution in [0.2, 0.25) is 0 Å². The average Bonchev–Trinajstić information content (AvgIpc) is 3.59. The molecule has 0 spiro atoms. The van der Waals surface area contributed by atoms with Crippen molar-refractivity contribution in [2.45, 2.75) is 20.3 Å². The Morgan fingerprint density at radius 3 is 2.46 bits per heavy atom. The number of imidazole rings is 1. The number of nitrogens with zero attached hydrogens (tertiary/aromatic N) is 4. The molecule has 4 aromatic carbocycles. The Kier molecular flexibility index (Phi) is 4.10. The van der Waals surface area contributed by atoms with Crippen LogP contribution in [0, 0.1) is 13.8 Å². The molecule has 4 heteroatoms. The van der Waals surface area contributed by atoms with E-state index in [1.807, 2.05) is 12.4 Å². The van der Waals surface area contributed by atoms with Crippen molar-refractivity contribution in [2.75, 3.05) is 0 Å². The Hall–Kier alpha value is -4.70. The number of aromatic nitrogens is 4. The van der Waals surface area contributed by atoms with Crippen LogP contribution < -0.4 is 0 Å². The lowest BCUT2D eigenvalue weighted by atomic mass is 10.0. The van der Waals surface area contributed by atoms with Gasteiger partial charge in [0.05, 0.1) is 22.2 Å². The molecule has 8 rings (SSSR count). The minimum absolute atomic E-state index is 0.877. The van der Waals surface area contributed by atoms with Crippen molar-refractivity contribution >= 4 is 33.0 Å². The summed E-state index contributed by atoms with van der Waals surface area (Å²) < 4.78 is 4.47. The van der Waals surface area contributed by atoms with Crippen molar-refractivity contribution in [1.29, 1.82) is 0 Å². The molecule has 0 bridgehead atoms. The SMILES string of the molecule is Cc1ccc2c(c1)-c1cc3c4cc(C)ccc4n(-c4cccc(-n5cnc6ccccc65)c4)c3nc1C2. The van der Waals surface area contributed by atoms with Gasteiger partial charge in [-0.1, -0.05) is 53.6 Å². The first kappa shape index (κ1) is 20.5. The Morgan fingerprint density at radius 2 is 1.51 bits per heavy atom. The van der Waals surface area contributed by atoms with E-state index in [0.717, 1.165) is 40.2 Å². The molecule has 1 aliphatic carbocycles. The Labute approximate surface area is 214 Å². The minimum atomic E-state index is 0.877. The second-order valence-corrected chi connectivity index (χ2v) is 10.2. The monoisotopic (exact) mass is 476 g/mol. The second kappa shape index (κ2) is 7.40. The molecule has 0 N–H and O–H groups in total. The van der Waals surface area contributed by atoms with E-state index in [1.54, 1.807) is 0 Å². The predicted molar refractivity (Wildman–Crippen MR) is 151 cm³/mol. The third kappa shape index (κ3) is 2.96. The molecule has 37 heavy (non-hydrogen) atoms. The van der Waals surface area contributed by atoms with Gasteiger partial charge in [0.25, 0.3) is 0 Å². The molecule has 0 saturated carbocycles. The van der Waals surface area contributed by atoms with Crippen LogP contribution in [0.15, 0.2) is 97.3 Å². The van der Waals surface area contributed by atoms with Gasteiger partial charge in [0.2, 0.25) is 0 Å². The number of hydrogen-bond acceptors (Lipinski definition) is 2. The summed E-state index contributed by atoms with van der Waals surface area (Å²) in [7, 11) is 0.